The first-order valence-corrected chi connectivity index (χ1v) is 7.47. The van der Waals surface area contributed by atoms with Crippen molar-refractivity contribution in [2.75, 3.05) is 13.2 Å². The first-order valence-electron chi connectivity index (χ1n) is 5.98. The number of aromatic amines is 1. The zero-order valence-electron chi connectivity index (χ0n) is 11.8. The van der Waals surface area contributed by atoms with Crippen LogP contribution in [0.2, 0.25) is 0 Å². The highest BCUT2D eigenvalue weighted by atomic mass is 32.2. The Kier molecular flexibility index (Phi) is 5.47. The average Bonchev–Trinajstić information content (AvgIpc) is 2.64. The number of rotatable bonds is 7. The third-order valence-corrected chi connectivity index (χ3v) is 3.99. The highest BCUT2D eigenvalue weighted by Crippen LogP contribution is 2.23. The van der Waals surface area contributed by atoms with Crippen LogP contribution in [0.3, 0.4) is 0 Å². The van der Waals surface area contributed by atoms with Crippen LogP contribution in [0.1, 0.15) is 28.7 Å². The lowest BCUT2D eigenvalue weighted by Crippen LogP contribution is -2.30. The van der Waals surface area contributed by atoms with E-state index in [0.29, 0.717) is 0 Å². The number of carbonyl (C=O) groups excluding carboxylic acids is 2. The topological polar surface area (TPSA) is 141 Å². The minimum Gasteiger partial charge on any atom is -0.461 e. The summed E-state index contributed by atoms with van der Waals surface area (Å²) in [4.78, 5) is 31.0. The summed E-state index contributed by atoms with van der Waals surface area (Å²) in [7, 11) is -4.06. The third kappa shape index (κ3) is 4.03. The fourth-order valence-electron chi connectivity index (χ4n) is 1.76. The van der Waals surface area contributed by atoms with Crippen LogP contribution < -0.4 is 10.6 Å². The van der Waals surface area contributed by atoms with Crippen LogP contribution in [0, 0.1) is 13.8 Å². The van der Waals surface area contributed by atoms with Crippen LogP contribution in [0.15, 0.2) is 4.90 Å². The van der Waals surface area contributed by atoms with Gasteiger partial charge in [-0.2, -0.15) is 0 Å². The average molecular weight is 319 g/mol. The monoisotopic (exact) mass is 319 g/mol. The molecule has 10 heteroatoms. The fraction of sp³-hybridized carbons (Fsp3) is 0.455. The Morgan fingerprint density at radius 2 is 1.95 bits per heavy atom. The van der Waals surface area contributed by atoms with Gasteiger partial charge >= 0.3 is 5.97 Å². The van der Waals surface area contributed by atoms with Gasteiger partial charge in [-0.05, 0) is 20.8 Å². The maximum Gasteiger partial charge on any atom is 0.355 e. The molecule has 0 unspecified atom stereocenters. The maximum absolute atomic E-state index is 12.1. The normalized spacial score (nSPS) is 11.4. The SMILES string of the molecule is CCOC(=O)c1[nH]c(C)c(S(=O)(=O)NOCC(N)=O)c1C. The van der Waals surface area contributed by atoms with Crippen molar-refractivity contribution in [2.45, 2.75) is 25.7 Å². The van der Waals surface area contributed by atoms with Gasteiger partial charge in [0.1, 0.15) is 17.2 Å². The standard InChI is InChI=1S/C11H17N3O6S/c1-4-19-11(16)9-6(2)10(7(3)13-9)21(17,18)14-20-5-8(12)15/h13-14H,4-5H2,1-3H3,(H2,12,15). The van der Waals surface area contributed by atoms with E-state index >= 15 is 0 Å². The molecule has 0 radical (unpaired) electrons. The minimum atomic E-state index is -4.06. The van der Waals surface area contributed by atoms with Gasteiger partial charge in [0.05, 0.1) is 6.61 Å². The molecular weight excluding hydrogens is 302 g/mol. The fourth-order valence-corrected chi connectivity index (χ4v) is 3.02. The van der Waals surface area contributed by atoms with E-state index < -0.39 is 28.5 Å². The number of primary amides is 1. The molecule has 1 aromatic rings. The van der Waals surface area contributed by atoms with Crippen LogP contribution >= 0.6 is 0 Å². The second-order valence-electron chi connectivity index (χ2n) is 4.14. The van der Waals surface area contributed by atoms with Gasteiger partial charge in [0.2, 0.25) is 5.91 Å². The first kappa shape index (κ1) is 17.1. The van der Waals surface area contributed by atoms with Crippen LogP contribution in [-0.4, -0.2) is 38.5 Å². The number of esters is 1. The van der Waals surface area contributed by atoms with Gasteiger partial charge < -0.3 is 15.5 Å². The lowest BCUT2D eigenvalue weighted by Gasteiger charge is -2.06. The molecular formula is C11H17N3O6S. The summed E-state index contributed by atoms with van der Waals surface area (Å²) in [5.74, 6) is -1.48. The van der Waals surface area contributed by atoms with E-state index in [4.69, 9.17) is 10.5 Å². The molecule has 118 valence electrons. The van der Waals surface area contributed by atoms with Crippen molar-refractivity contribution in [1.82, 2.24) is 9.87 Å². The second-order valence-corrected chi connectivity index (χ2v) is 5.72. The number of hydrogen-bond acceptors (Lipinski definition) is 6. The molecule has 1 aromatic heterocycles. The predicted octanol–water partition coefficient (Wildman–Crippen LogP) is -0.497. The molecule has 0 spiro atoms. The molecule has 0 aliphatic rings. The Morgan fingerprint density at radius 3 is 2.48 bits per heavy atom. The van der Waals surface area contributed by atoms with Crippen LogP contribution in [0.4, 0.5) is 0 Å². The van der Waals surface area contributed by atoms with E-state index in [1.807, 2.05) is 0 Å². The summed E-state index contributed by atoms with van der Waals surface area (Å²) in [6.45, 7) is 4.14. The molecule has 4 N–H and O–H groups in total. The van der Waals surface area contributed by atoms with Crippen molar-refractivity contribution >= 4 is 21.9 Å². The molecule has 0 aromatic carbocycles. The number of amides is 1. The Bertz CT molecular complexity index is 649. The summed E-state index contributed by atoms with van der Waals surface area (Å²) in [5, 5.41) is 0. The van der Waals surface area contributed by atoms with Crippen LogP contribution in [0.5, 0.6) is 0 Å². The van der Waals surface area contributed by atoms with Gasteiger partial charge in [0, 0.05) is 11.3 Å². The molecule has 0 bridgehead atoms. The number of aryl methyl sites for hydroxylation is 1. The number of carbonyl (C=O) groups is 2. The summed E-state index contributed by atoms with van der Waals surface area (Å²) >= 11 is 0. The lowest BCUT2D eigenvalue weighted by molar-refractivity contribution is -0.123. The van der Waals surface area contributed by atoms with E-state index in [9.17, 15) is 18.0 Å². The number of nitrogens with one attached hydrogen (secondary N) is 2. The van der Waals surface area contributed by atoms with Gasteiger partial charge in [-0.15, -0.1) is 0 Å². The summed E-state index contributed by atoms with van der Waals surface area (Å²) < 4.78 is 29.0. The Labute approximate surface area is 121 Å². The van der Waals surface area contributed by atoms with E-state index in [1.54, 1.807) is 11.8 Å². The number of hydrogen-bond donors (Lipinski definition) is 3. The zero-order valence-corrected chi connectivity index (χ0v) is 12.7. The summed E-state index contributed by atoms with van der Waals surface area (Å²) in [6, 6.07) is 0. The van der Waals surface area contributed by atoms with Gasteiger partial charge in [-0.3, -0.25) is 9.63 Å². The number of aromatic nitrogens is 1. The van der Waals surface area contributed by atoms with Crippen molar-refractivity contribution in [2.24, 2.45) is 5.73 Å². The smallest absolute Gasteiger partial charge is 0.355 e. The van der Waals surface area contributed by atoms with Crippen molar-refractivity contribution in [3.8, 4) is 0 Å². The Hall–Kier alpha value is -1.91. The van der Waals surface area contributed by atoms with E-state index in [1.165, 1.54) is 13.8 Å². The van der Waals surface area contributed by atoms with E-state index in [0.717, 1.165) is 0 Å². The predicted molar refractivity (Wildman–Crippen MR) is 71.7 cm³/mol. The van der Waals surface area contributed by atoms with Crippen LogP contribution in [-0.2, 0) is 24.4 Å². The van der Waals surface area contributed by atoms with Gasteiger partial charge in [-0.1, -0.05) is 4.89 Å². The molecule has 0 fully saturated rings. The van der Waals surface area contributed by atoms with Crippen molar-refractivity contribution in [3.63, 3.8) is 0 Å². The van der Waals surface area contributed by atoms with Crippen molar-refractivity contribution in [1.29, 1.82) is 0 Å². The minimum absolute atomic E-state index is 0.0460. The van der Waals surface area contributed by atoms with E-state index in [-0.39, 0.29) is 28.5 Å². The molecule has 0 saturated carbocycles. The Morgan fingerprint density at radius 1 is 1.33 bits per heavy atom. The molecule has 0 saturated heterocycles. The molecule has 0 atom stereocenters. The Balaban J connectivity index is 3.07. The van der Waals surface area contributed by atoms with Crippen molar-refractivity contribution < 1.29 is 27.6 Å². The number of H-pyrrole nitrogens is 1. The zero-order chi connectivity index (χ0) is 16.2. The quantitative estimate of drug-likeness (QED) is 0.457. The second kappa shape index (κ2) is 6.70. The van der Waals surface area contributed by atoms with Gasteiger partial charge in [0.25, 0.3) is 10.0 Å². The summed E-state index contributed by atoms with van der Waals surface area (Å²) in [6.07, 6.45) is 0. The third-order valence-electron chi connectivity index (χ3n) is 2.50. The van der Waals surface area contributed by atoms with E-state index in [2.05, 4.69) is 9.82 Å². The van der Waals surface area contributed by atoms with Gasteiger partial charge in [0.15, 0.2) is 0 Å². The molecule has 1 heterocycles. The van der Waals surface area contributed by atoms with Crippen molar-refractivity contribution in [3.05, 3.63) is 17.0 Å². The number of sulfonamides is 1. The molecule has 1 amide bonds. The lowest BCUT2D eigenvalue weighted by atomic mass is 10.2. The molecule has 1 rings (SSSR count). The first-order chi connectivity index (χ1) is 9.70. The largest absolute Gasteiger partial charge is 0.461 e. The maximum atomic E-state index is 12.1. The number of ether oxygens (including phenoxy) is 1. The van der Waals surface area contributed by atoms with Crippen LogP contribution in [0.25, 0.3) is 0 Å². The highest BCUT2D eigenvalue weighted by Gasteiger charge is 2.27. The molecule has 0 aliphatic carbocycles. The molecule has 21 heavy (non-hydrogen) atoms. The van der Waals surface area contributed by atoms with Gasteiger partial charge in [-0.25, -0.2) is 13.2 Å². The molecule has 0 aliphatic heterocycles. The summed E-state index contributed by atoms with van der Waals surface area (Å²) in [5.41, 5.74) is 5.31. The molecule has 9 nitrogen and oxygen atoms in total. The highest BCUT2D eigenvalue weighted by molar-refractivity contribution is 7.89. The number of nitrogens with two attached hydrogens (primary N) is 1.